The van der Waals surface area contributed by atoms with Gasteiger partial charge in [0, 0.05) is 24.3 Å². The molecule has 1 aliphatic heterocycles. The lowest BCUT2D eigenvalue weighted by Gasteiger charge is -2.27. The second kappa shape index (κ2) is 10.8. The van der Waals surface area contributed by atoms with Crippen LogP contribution in [0, 0.1) is 0 Å². The first kappa shape index (κ1) is 25.1. The van der Waals surface area contributed by atoms with Crippen molar-refractivity contribution in [3.63, 3.8) is 0 Å². The number of ether oxygens (including phenoxy) is 2. The van der Waals surface area contributed by atoms with E-state index in [9.17, 15) is 14.7 Å². The van der Waals surface area contributed by atoms with Gasteiger partial charge in [0.1, 0.15) is 5.58 Å². The molecule has 5 rings (SSSR count). The standard InChI is InChI=1S/C30H28N2O6/c1-3-4-14-37-23-12-11-21(16-24(23)36-2)27-26(28(33)25-15-20-9-5-6-10-22(20)38-25)29(34)30(35)32(27)18-19-8-7-13-31-17-19/h5-13,15-17,27,34H,3-4,14,18H2,1-2H3. The Morgan fingerprint density at radius 2 is 1.95 bits per heavy atom. The van der Waals surface area contributed by atoms with Crippen LogP contribution in [-0.4, -0.2) is 40.4 Å². The van der Waals surface area contributed by atoms with Crippen LogP contribution in [0.1, 0.15) is 47.5 Å². The van der Waals surface area contributed by atoms with Crippen LogP contribution in [-0.2, 0) is 11.3 Å². The van der Waals surface area contributed by atoms with Crippen molar-refractivity contribution in [3.8, 4) is 11.5 Å². The largest absolute Gasteiger partial charge is 0.503 e. The summed E-state index contributed by atoms with van der Waals surface area (Å²) in [5, 5.41) is 11.8. The lowest BCUT2D eigenvalue weighted by molar-refractivity contribution is -0.130. The van der Waals surface area contributed by atoms with Crippen LogP contribution in [0.25, 0.3) is 11.0 Å². The van der Waals surface area contributed by atoms with Gasteiger partial charge < -0.3 is 23.9 Å². The number of amides is 1. The number of furan rings is 1. The Bertz CT molecular complexity index is 1470. The molecule has 2 aromatic carbocycles. The van der Waals surface area contributed by atoms with E-state index in [0.717, 1.165) is 23.8 Å². The number of nitrogens with zero attached hydrogens (tertiary/aromatic N) is 2. The van der Waals surface area contributed by atoms with Gasteiger partial charge in [-0.3, -0.25) is 14.6 Å². The molecule has 0 aliphatic carbocycles. The molecule has 0 radical (unpaired) electrons. The van der Waals surface area contributed by atoms with Gasteiger partial charge in [0.15, 0.2) is 23.0 Å². The van der Waals surface area contributed by atoms with Crippen LogP contribution in [0.4, 0.5) is 0 Å². The third kappa shape index (κ3) is 4.72. The first-order valence-corrected chi connectivity index (χ1v) is 12.5. The molecule has 1 amide bonds. The molecule has 1 atom stereocenters. The molecule has 38 heavy (non-hydrogen) atoms. The van der Waals surface area contributed by atoms with Crippen molar-refractivity contribution in [2.24, 2.45) is 0 Å². The molecule has 0 saturated carbocycles. The third-order valence-corrected chi connectivity index (χ3v) is 6.53. The van der Waals surface area contributed by atoms with Crippen molar-refractivity contribution in [3.05, 3.63) is 101 Å². The highest BCUT2D eigenvalue weighted by atomic mass is 16.5. The van der Waals surface area contributed by atoms with Crippen molar-refractivity contribution >= 4 is 22.7 Å². The molecule has 1 unspecified atom stereocenters. The SMILES string of the molecule is CCCCOc1ccc(C2C(C(=O)c3cc4ccccc4o3)=C(O)C(=O)N2Cc2cccnc2)cc1OC. The number of methoxy groups -OCH3 is 1. The molecule has 3 heterocycles. The number of aliphatic hydroxyl groups excluding tert-OH is 1. The van der Waals surface area contributed by atoms with E-state index in [4.69, 9.17) is 13.9 Å². The quantitative estimate of drug-likeness (QED) is 0.212. The highest BCUT2D eigenvalue weighted by molar-refractivity contribution is 6.16. The van der Waals surface area contributed by atoms with Crippen molar-refractivity contribution in [2.75, 3.05) is 13.7 Å². The zero-order valence-corrected chi connectivity index (χ0v) is 21.2. The van der Waals surface area contributed by atoms with E-state index in [1.807, 2.05) is 24.3 Å². The van der Waals surface area contributed by atoms with E-state index in [0.29, 0.717) is 29.3 Å². The zero-order valence-electron chi connectivity index (χ0n) is 21.2. The number of hydrogen-bond acceptors (Lipinski definition) is 7. The molecule has 8 heteroatoms. The van der Waals surface area contributed by atoms with E-state index >= 15 is 0 Å². The Labute approximate surface area is 220 Å². The number of fused-ring (bicyclic) bond motifs is 1. The van der Waals surface area contributed by atoms with E-state index in [2.05, 4.69) is 11.9 Å². The average Bonchev–Trinajstić information content (AvgIpc) is 3.49. The van der Waals surface area contributed by atoms with Crippen LogP contribution in [0.3, 0.4) is 0 Å². The van der Waals surface area contributed by atoms with Crippen LogP contribution in [0.5, 0.6) is 11.5 Å². The Balaban J connectivity index is 1.58. The van der Waals surface area contributed by atoms with E-state index < -0.39 is 23.5 Å². The lowest BCUT2D eigenvalue weighted by Crippen LogP contribution is -2.30. The molecule has 0 fully saturated rings. The van der Waals surface area contributed by atoms with Crippen molar-refractivity contribution in [1.29, 1.82) is 0 Å². The molecular formula is C30H28N2O6. The number of carbonyl (C=O) groups excluding carboxylic acids is 2. The molecule has 8 nitrogen and oxygen atoms in total. The summed E-state index contributed by atoms with van der Waals surface area (Å²) < 4.78 is 17.3. The summed E-state index contributed by atoms with van der Waals surface area (Å²) in [6.45, 7) is 2.75. The Kier molecular flexibility index (Phi) is 7.13. The van der Waals surface area contributed by atoms with Gasteiger partial charge in [-0.1, -0.05) is 43.7 Å². The Morgan fingerprint density at radius 3 is 2.68 bits per heavy atom. The molecule has 194 valence electrons. The van der Waals surface area contributed by atoms with E-state index in [-0.39, 0.29) is 17.9 Å². The van der Waals surface area contributed by atoms with Gasteiger partial charge in [0.2, 0.25) is 5.78 Å². The highest BCUT2D eigenvalue weighted by Crippen LogP contribution is 2.42. The van der Waals surface area contributed by atoms with E-state index in [1.165, 1.54) is 12.0 Å². The fraction of sp³-hybridized carbons (Fsp3) is 0.233. The third-order valence-electron chi connectivity index (χ3n) is 6.53. The number of unbranched alkanes of at least 4 members (excludes halogenated alkanes) is 1. The maximum Gasteiger partial charge on any atom is 0.290 e. The van der Waals surface area contributed by atoms with Crippen LogP contribution in [0.2, 0.25) is 0 Å². The number of benzene rings is 2. The number of rotatable bonds is 10. The fourth-order valence-electron chi connectivity index (χ4n) is 4.61. The van der Waals surface area contributed by atoms with Gasteiger partial charge in [-0.25, -0.2) is 0 Å². The van der Waals surface area contributed by atoms with E-state index in [1.54, 1.807) is 48.8 Å². The predicted molar refractivity (Wildman–Crippen MR) is 141 cm³/mol. The zero-order chi connectivity index (χ0) is 26.6. The number of para-hydroxylation sites is 1. The minimum absolute atomic E-state index is 0.0419. The predicted octanol–water partition coefficient (Wildman–Crippen LogP) is 5.79. The molecule has 4 aromatic rings. The first-order valence-electron chi connectivity index (χ1n) is 12.5. The van der Waals surface area contributed by atoms with Crippen LogP contribution < -0.4 is 9.47 Å². The topological polar surface area (TPSA) is 102 Å². The average molecular weight is 513 g/mol. The van der Waals surface area contributed by atoms with Crippen molar-refractivity contribution in [2.45, 2.75) is 32.4 Å². The Morgan fingerprint density at radius 1 is 1.11 bits per heavy atom. The number of carbonyl (C=O) groups is 2. The van der Waals surface area contributed by atoms with Gasteiger partial charge in [-0.2, -0.15) is 0 Å². The van der Waals surface area contributed by atoms with Crippen molar-refractivity contribution in [1.82, 2.24) is 9.88 Å². The van der Waals surface area contributed by atoms with Gasteiger partial charge >= 0.3 is 0 Å². The molecule has 0 bridgehead atoms. The normalized spacial score (nSPS) is 15.4. The highest BCUT2D eigenvalue weighted by Gasteiger charge is 2.44. The molecule has 2 aromatic heterocycles. The summed E-state index contributed by atoms with van der Waals surface area (Å²) in [4.78, 5) is 32.7. The second-order valence-corrected chi connectivity index (χ2v) is 9.05. The molecule has 1 aliphatic rings. The maximum atomic E-state index is 13.8. The van der Waals surface area contributed by atoms with Gasteiger partial charge in [0.05, 0.1) is 25.3 Å². The van der Waals surface area contributed by atoms with Gasteiger partial charge in [-0.15, -0.1) is 0 Å². The lowest BCUT2D eigenvalue weighted by atomic mass is 9.94. The summed E-state index contributed by atoms with van der Waals surface area (Å²) in [7, 11) is 1.53. The number of aliphatic hydroxyl groups is 1. The summed E-state index contributed by atoms with van der Waals surface area (Å²) >= 11 is 0. The second-order valence-electron chi connectivity index (χ2n) is 9.05. The molecular weight excluding hydrogens is 484 g/mol. The number of ketones is 1. The number of aromatic nitrogens is 1. The molecule has 0 spiro atoms. The monoisotopic (exact) mass is 512 g/mol. The number of hydrogen-bond donors (Lipinski definition) is 1. The number of pyridine rings is 1. The van der Waals surface area contributed by atoms with Crippen LogP contribution >= 0.6 is 0 Å². The van der Waals surface area contributed by atoms with Gasteiger partial charge in [-0.05, 0) is 47.9 Å². The fourth-order valence-corrected chi connectivity index (χ4v) is 4.61. The summed E-state index contributed by atoms with van der Waals surface area (Å²) in [6, 6.07) is 16.9. The van der Waals surface area contributed by atoms with Crippen LogP contribution in [0.15, 0.2) is 88.8 Å². The smallest absolute Gasteiger partial charge is 0.290 e. The molecule has 0 saturated heterocycles. The minimum atomic E-state index is -0.887. The summed E-state index contributed by atoms with van der Waals surface area (Å²) in [6.07, 6.45) is 5.17. The Hall–Kier alpha value is -4.59. The maximum absolute atomic E-state index is 13.8. The summed E-state index contributed by atoms with van der Waals surface area (Å²) in [5.41, 5.74) is 1.83. The molecule has 1 N–H and O–H groups in total. The van der Waals surface area contributed by atoms with Gasteiger partial charge in [0.25, 0.3) is 5.91 Å². The van der Waals surface area contributed by atoms with Crippen molar-refractivity contribution < 1.29 is 28.6 Å². The first-order chi connectivity index (χ1) is 18.5. The number of Topliss-reactive ketones (excluding diaryl/α,β-unsaturated/α-hetero) is 1. The summed E-state index contributed by atoms with van der Waals surface area (Å²) in [5.74, 6) is -0.749. The minimum Gasteiger partial charge on any atom is -0.503 e.